The summed E-state index contributed by atoms with van der Waals surface area (Å²) in [5.41, 5.74) is 0.405. The summed E-state index contributed by atoms with van der Waals surface area (Å²) in [6.45, 7) is 2.55. The smallest absolute Gasteiger partial charge is 0.354 e. The third-order valence-electron chi connectivity index (χ3n) is 3.75. The Kier molecular flexibility index (Phi) is 4.90. The quantitative estimate of drug-likeness (QED) is 0.902. The molecule has 1 amide bonds. The van der Waals surface area contributed by atoms with Gasteiger partial charge in [0.1, 0.15) is 5.69 Å². The molecule has 0 bridgehead atoms. The lowest BCUT2D eigenvalue weighted by Gasteiger charge is -2.33. The fourth-order valence-electron chi connectivity index (χ4n) is 2.66. The molecule has 114 valence electrons. The van der Waals surface area contributed by atoms with Gasteiger partial charge < -0.3 is 14.9 Å². The molecule has 1 aliphatic rings. The van der Waals surface area contributed by atoms with Crippen LogP contribution in [0.2, 0.25) is 0 Å². The number of pyridine rings is 1. The highest BCUT2D eigenvalue weighted by Crippen LogP contribution is 2.19. The first-order chi connectivity index (χ1) is 9.97. The van der Waals surface area contributed by atoms with Crippen LogP contribution in [0.15, 0.2) is 18.3 Å². The van der Waals surface area contributed by atoms with Crippen LogP contribution in [0, 0.1) is 5.92 Å². The molecular formula is C15H21N3O3. The molecule has 0 radical (unpaired) electrons. The molecule has 0 saturated carbocycles. The summed E-state index contributed by atoms with van der Waals surface area (Å²) in [5.74, 6) is -0.516. The van der Waals surface area contributed by atoms with Crippen molar-refractivity contribution in [2.24, 2.45) is 5.92 Å². The monoisotopic (exact) mass is 291 g/mol. The van der Waals surface area contributed by atoms with Crippen LogP contribution < -0.4 is 0 Å². The predicted octanol–water partition coefficient (Wildman–Crippen LogP) is 1.19. The van der Waals surface area contributed by atoms with E-state index >= 15 is 0 Å². The van der Waals surface area contributed by atoms with Gasteiger partial charge >= 0.3 is 5.97 Å². The van der Waals surface area contributed by atoms with Crippen molar-refractivity contribution in [3.63, 3.8) is 0 Å². The third-order valence-corrected chi connectivity index (χ3v) is 3.75. The number of hydrogen-bond donors (Lipinski definition) is 1. The lowest BCUT2D eigenvalue weighted by atomic mass is 9.96. The Bertz CT molecular complexity index is 505. The number of aromatic nitrogens is 1. The summed E-state index contributed by atoms with van der Waals surface area (Å²) in [4.78, 5) is 30.9. The van der Waals surface area contributed by atoms with Crippen LogP contribution in [0.4, 0.5) is 0 Å². The zero-order valence-electron chi connectivity index (χ0n) is 12.5. The highest BCUT2D eigenvalue weighted by atomic mass is 16.4. The van der Waals surface area contributed by atoms with Crippen LogP contribution in [0.3, 0.4) is 0 Å². The number of rotatable bonds is 4. The summed E-state index contributed by atoms with van der Waals surface area (Å²) >= 11 is 0. The van der Waals surface area contributed by atoms with E-state index in [1.54, 1.807) is 0 Å². The van der Waals surface area contributed by atoms with E-state index in [1.807, 2.05) is 4.90 Å². The summed E-state index contributed by atoms with van der Waals surface area (Å²) in [6, 6.07) is 2.90. The van der Waals surface area contributed by atoms with E-state index in [2.05, 4.69) is 24.0 Å². The zero-order chi connectivity index (χ0) is 15.4. The average molecular weight is 291 g/mol. The van der Waals surface area contributed by atoms with E-state index in [0.717, 1.165) is 32.5 Å². The number of hydrogen-bond acceptors (Lipinski definition) is 4. The van der Waals surface area contributed by atoms with Gasteiger partial charge in [0, 0.05) is 25.8 Å². The number of carboxylic acid groups (broad SMARTS) is 1. The standard InChI is InChI=1S/C15H21N3O3/c1-17(2)10-11-5-7-18(8-6-11)14(19)12-3-4-13(15(20)21)16-9-12/h3-4,9,11H,5-8,10H2,1-2H3,(H,20,21). The summed E-state index contributed by atoms with van der Waals surface area (Å²) in [5, 5.41) is 8.80. The highest BCUT2D eigenvalue weighted by molar-refractivity contribution is 5.94. The van der Waals surface area contributed by atoms with Crippen LogP contribution >= 0.6 is 0 Å². The van der Waals surface area contributed by atoms with Gasteiger partial charge in [0.2, 0.25) is 0 Å². The van der Waals surface area contributed by atoms with E-state index in [4.69, 9.17) is 5.11 Å². The van der Waals surface area contributed by atoms with E-state index in [9.17, 15) is 9.59 Å². The van der Waals surface area contributed by atoms with E-state index in [1.165, 1.54) is 18.3 Å². The molecule has 1 N–H and O–H groups in total. The van der Waals surface area contributed by atoms with Crippen molar-refractivity contribution in [3.8, 4) is 0 Å². The molecule has 6 nitrogen and oxygen atoms in total. The molecule has 0 atom stereocenters. The normalized spacial score (nSPS) is 16.2. The van der Waals surface area contributed by atoms with Crippen molar-refractivity contribution < 1.29 is 14.7 Å². The molecule has 1 fully saturated rings. The predicted molar refractivity (Wildman–Crippen MR) is 78.4 cm³/mol. The van der Waals surface area contributed by atoms with Crippen LogP contribution in [-0.4, -0.2) is 65.5 Å². The number of nitrogens with zero attached hydrogens (tertiary/aromatic N) is 3. The number of aromatic carboxylic acids is 1. The lowest BCUT2D eigenvalue weighted by molar-refractivity contribution is 0.0667. The molecule has 1 aromatic heterocycles. The van der Waals surface area contributed by atoms with Crippen LogP contribution in [-0.2, 0) is 0 Å². The van der Waals surface area contributed by atoms with Crippen molar-refractivity contribution in [3.05, 3.63) is 29.6 Å². The Balaban J connectivity index is 1.94. The maximum Gasteiger partial charge on any atom is 0.354 e. The molecule has 1 aromatic rings. The first-order valence-electron chi connectivity index (χ1n) is 7.10. The van der Waals surface area contributed by atoms with Crippen molar-refractivity contribution in [1.82, 2.24) is 14.8 Å². The first-order valence-corrected chi connectivity index (χ1v) is 7.10. The van der Waals surface area contributed by atoms with Crippen molar-refractivity contribution in [2.45, 2.75) is 12.8 Å². The Labute approximate surface area is 124 Å². The minimum Gasteiger partial charge on any atom is -0.477 e. The minimum atomic E-state index is -1.08. The SMILES string of the molecule is CN(C)CC1CCN(C(=O)c2ccc(C(=O)O)nc2)CC1. The summed E-state index contributed by atoms with van der Waals surface area (Å²) in [6.07, 6.45) is 3.35. The topological polar surface area (TPSA) is 73.7 Å². The van der Waals surface area contributed by atoms with Crippen molar-refractivity contribution >= 4 is 11.9 Å². The van der Waals surface area contributed by atoms with E-state index in [-0.39, 0.29) is 11.6 Å². The van der Waals surface area contributed by atoms with Crippen LogP contribution in [0.5, 0.6) is 0 Å². The Hall–Kier alpha value is -1.95. The van der Waals surface area contributed by atoms with Gasteiger partial charge in [0.25, 0.3) is 5.91 Å². The van der Waals surface area contributed by atoms with E-state index in [0.29, 0.717) is 11.5 Å². The fraction of sp³-hybridized carbons (Fsp3) is 0.533. The summed E-state index contributed by atoms with van der Waals surface area (Å²) < 4.78 is 0. The van der Waals surface area contributed by atoms with Gasteiger partial charge in [-0.05, 0) is 45.0 Å². The molecule has 0 aromatic carbocycles. The van der Waals surface area contributed by atoms with Gasteiger partial charge in [-0.25, -0.2) is 9.78 Å². The second kappa shape index (κ2) is 6.67. The van der Waals surface area contributed by atoms with E-state index < -0.39 is 5.97 Å². The average Bonchev–Trinajstić information content (AvgIpc) is 2.47. The molecule has 0 aliphatic carbocycles. The number of carbonyl (C=O) groups excluding carboxylic acids is 1. The maximum atomic E-state index is 12.3. The van der Waals surface area contributed by atoms with Gasteiger partial charge in [-0.2, -0.15) is 0 Å². The minimum absolute atomic E-state index is 0.0451. The number of piperidine rings is 1. The number of amides is 1. The molecule has 2 rings (SSSR count). The largest absolute Gasteiger partial charge is 0.477 e. The summed E-state index contributed by atoms with van der Waals surface area (Å²) in [7, 11) is 4.13. The van der Waals surface area contributed by atoms with Crippen molar-refractivity contribution in [1.29, 1.82) is 0 Å². The van der Waals surface area contributed by atoms with Gasteiger partial charge in [-0.15, -0.1) is 0 Å². The van der Waals surface area contributed by atoms with Crippen LogP contribution in [0.1, 0.15) is 33.7 Å². The first kappa shape index (κ1) is 15.4. The molecule has 6 heteroatoms. The zero-order valence-corrected chi connectivity index (χ0v) is 12.5. The molecule has 0 spiro atoms. The number of likely N-dealkylation sites (tertiary alicyclic amines) is 1. The number of carboxylic acids is 1. The molecule has 1 saturated heterocycles. The Morgan fingerprint density at radius 1 is 1.33 bits per heavy atom. The molecule has 1 aliphatic heterocycles. The van der Waals surface area contributed by atoms with Gasteiger partial charge in [0.05, 0.1) is 5.56 Å². The molecule has 21 heavy (non-hydrogen) atoms. The molecule has 0 unspecified atom stereocenters. The number of carbonyl (C=O) groups is 2. The van der Waals surface area contributed by atoms with Crippen LogP contribution in [0.25, 0.3) is 0 Å². The molecule has 2 heterocycles. The second-order valence-electron chi connectivity index (χ2n) is 5.74. The van der Waals surface area contributed by atoms with Crippen molar-refractivity contribution in [2.75, 3.05) is 33.7 Å². The van der Waals surface area contributed by atoms with Gasteiger partial charge in [-0.3, -0.25) is 4.79 Å². The second-order valence-corrected chi connectivity index (χ2v) is 5.74. The van der Waals surface area contributed by atoms with Gasteiger partial charge in [0.15, 0.2) is 0 Å². The highest BCUT2D eigenvalue weighted by Gasteiger charge is 2.24. The van der Waals surface area contributed by atoms with Gasteiger partial charge in [-0.1, -0.05) is 0 Å². The maximum absolute atomic E-state index is 12.3. The third kappa shape index (κ3) is 4.01. The lowest BCUT2D eigenvalue weighted by Crippen LogP contribution is -2.40. The fourth-order valence-corrected chi connectivity index (χ4v) is 2.66. The Morgan fingerprint density at radius 3 is 2.48 bits per heavy atom. The Morgan fingerprint density at radius 2 is 2.00 bits per heavy atom. The molecular weight excluding hydrogens is 270 g/mol.